The number of hydrogen-bond donors (Lipinski definition) is 0. The van der Waals surface area contributed by atoms with E-state index in [0.717, 1.165) is 31.3 Å². The fraction of sp³-hybridized carbons (Fsp3) is 0.579. The molecule has 2 atom stereocenters. The van der Waals surface area contributed by atoms with Crippen molar-refractivity contribution in [1.29, 1.82) is 0 Å². The molecule has 0 radical (unpaired) electrons. The fourth-order valence-corrected chi connectivity index (χ4v) is 4.11. The number of nitrogens with zero attached hydrogens (tertiary/aromatic N) is 2. The summed E-state index contributed by atoms with van der Waals surface area (Å²) < 4.78 is 11.2. The fourth-order valence-electron chi connectivity index (χ4n) is 4.11. The molecule has 0 aromatic heterocycles. The number of fused-ring (bicyclic) bond motifs is 1. The predicted octanol–water partition coefficient (Wildman–Crippen LogP) is 2.27. The average molecular weight is 314 g/mol. The zero-order valence-corrected chi connectivity index (χ0v) is 13.7. The van der Waals surface area contributed by atoms with Crippen molar-refractivity contribution in [2.75, 3.05) is 39.4 Å². The molecule has 23 heavy (non-hydrogen) atoms. The summed E-state index contributed by atoms with van der Waals surface area (Å²) in [5, 5.41) is 0. The van der Waals surface area contributed by atoms with Crippen molar-refractivity contribution in [2.24, 2.45) is 0 Å². The first kappa shape index (κ1) is 15.0. The molecule has 4 heteroatoms. The first-order valence-electron chi connectivity index (χ1n) is 8.84. The van der Waals surface area contributed by atoms with E-state index in [9.17, 15) is 0 Å². The highest BCUT2D eigenvalue weighted by molar-refractivity contribution is 5.17. The molecule has 4 nitrogen and oxygen atoms in total. The topological polar surface area (TPSA) is 24.9 Å². The van der Waals surface area contributed by atoms with Crippen molar-refractivity contribution < 1.29 is 9.47 Å². The summed E-state index contributed by atoms with van der Waals surface area (Å²) in [7, 11) is 0. The molecule has 0 amide bonds. The highest BCUT2D eigenvalue weighted by atomic mass is 16.6. The Labute approximate surface area is 138 Å². The maximum absolute atomic E-state index is 5.77. The lowest BCUT2D eigenvalue weighted by Crippen LogP contribution is -2.57. The first-order valence-corrected chi connectivity index (χ1v) is 8.84. The van der Waals surface area contributed by atoms with Gasteiger partial charge in [-0.15, -0.1) is 0 Å². The van der Waals surface area contributed by atoms with E-state index in [2.05, 4.69) is 40.1 Å². The van der Waals surface area contributed by atoms with Crippen molar-refractivity contribution in [3.05, 3.63) is 47.9 Å². The summed E-state index contributed by atoms with van der Waals surface area (Å²) in [6, 6.07) is 12.1. The van der Waals surface area contributed by atoms with Crippen molar-refractivity contribution >= 4 is 0 Å². The van der Waals surface area contributed by atoms with Gasteiger partial charge in [-0.1, -0.05) is 30.3 Å². The zero-order chi connectivity index (χ0) is 15.5. The van der Waals surface area contributed by atoms with Gasteiger partial charge in [-0.05, 0) is 31.4 Å². The Balaban J connectivity index is 1.48. The molecule has 0 aliphatic carbocycles. The molecule has 3 aliphatic heterocycles. The molecular weight excluding hydrogens is 288 g/mol. The lowest BCUT2D eigenvalue weighted by Gasteiger charge is -2.44. The lowest BCUT2D eigenvalue weighted by molar-refractivity contribution is 0.0260. The van der Waals surface area contributed by atoms with Gasteiger partial charge in [0.05, 0.1) is 6.54 Å². The Morgan fingerprint density at radius 2 is 2.00 bits per heavy atom. The molecular formula is C19H26N2O2. The molecule has 0 unspecified atom stereocenters. The Bertz CT molecular complexity index is 546. The van der Waals surface area contributed by atoms with Crippen LogP contribution in [0.15, 0.2) is 42.4 Å². The van der Waals surface area contributed by atoms with Crippen LogP contribution in [0.4, 0.5) is 0 Å². The van der Waals surface area contributed by atoms with Crippen LogP contribution in [0.2, 0.25) is 0 Å². The van der Waals surface area contributed by atoms with E-state index in [4.69, 9.17) is 9.47 Å². The molecule has 1 aromatic carbocycles. The minimum Gasteiger partial charge on any atom is -0.494 e. The minimum absolute atomic E-state index is 0.554. The normalized spacial score (nSPS) is 28.6. The summed E-state index contributed by atoms with van der Waals surface area (Å²) in [6.07, 6.45) is 5.60. The highest BCUT2D eigenvalue weighted by Gasteiger charge is 2.36. The van der Waals surface area contributed by atoms with Crippen LogP contribution < -0.4 is 0 Å². The quantitative estimate of drug-likeness (QED) is 0.851. The van der Waals surface area contributed by atoms with Gasteiger partial charge in [0.1, 0.15) is 25.2 Å². The smallest absolute Gasteiger partial charge is 0.144 e. The Hall–Kier alpha value is -1.52. The number of piperazine rings is 1. The molecule has 4 rings (SSSR count). The summed E-state index contributed by atoms with van der Waals surface area (Å²) in [4.78, 5) is 5.30. The molecule has 0 spiro atoms. The Kier molecular flexibility index (Phi) is 4.53. The summed E-state index contributed by atoms with van der Waals surface area (Å²) in [5.41, 5.74) is 1.43. The second-order valence-corrected chi connectivity index (χ2v) is 6.87. The standard InChI is InChI=1S/C19H26N2O2/c1-2-5-16(6-3-1)11-18-13-20-8-4-7-17(20)12-21(18)14-19-15-22-9-10-23-19/h1-3,5-6,15,17-18H,4,7-14H2/t17-,18+/m0/s1. The molecule has 3 heterocycles. The predicted molar refractivity (Wildman–Crippen MR) is 90.1 cm³/mol. The Morgan fingerprint density at radius 1 is 1.09 bits per heavy atom. The molecule has 124 valence electrons. The third-order valence-electron chi connectivity index (χ3n) is 5.28. The van der Waals surface area contributed by atoms with E-state index in [-0.39, 0.29) is 0 Å². The highest BCUT2D eigenvalue weighted by Crippen LogP contribution is 2.27. The van der Waals surface area contributed by atoms with Gasteiger partial charge in [-0.3, -0.25) is 9.80 Å². The molecule has 0 saturated carbocycles. The molecule has 0 N–H and O–H groups in total. The van der Waals surface area contributed by atoms with Crippen molar-refractivity contribution in [1.82, 2.24) is 9.80 Å². The van der Waals surface area contributed by atoms with Crippen molar-refractivity contribution in [2.45, 2.75) is 31.3 Å². The van der Waals surface area contributed by atoms with Gasteiger partial charge in [0, 0.05) is 25.2 Å². The monoisotopic (exact) mass is 314 g/mol. The maximum Gasteiger partial charge on any atom is 0.144 e. The lowest BCUT2D eigenvalue weighted by atomic mass is 9.99. The van der Waals surface area contributed by atoms with E-state index >= 15 is 0 Å². The van der Waals surface area contributed by atoms with Crippen LogP contribution >= 0.6 is 0 Å². The number of rotatable bonds is 4. The van der Waals surface area contributed by atoms with Gasteiger partial charge in [0.25, 0.3) is 0 Å². The van der Waals surface area contributed by atoms with E-state index in [1.165, 1.54) is 31.5 Å². The van der Waals surface area contributed by atoms with Crippen molar-refractivity contribution in [3.63, 3.8) is 0 Å². The van der Waals surface area contributed by atoms with Gasteiger partial charge >= 0.3 is 0 Å². The minimum atomic E-state index is 0.554. The number of ether oxygens (including phenoxy) is 2. The zero-order valence-electron chi connectivity index (χ0n) is 13.7. The van der Waals surface area contributed by atoms with Crippen LogP contribution in [0, 0.1) is 0 Å². The average Bonchev–Trinajstić information content (AvgIpc) is 3.04. The van der Waals surface area contributed by atoms with Gasteiger partial charge in [0.15, 0.2) is 0 Å². The third kappa shape index (κ3) is 3.54. The van der Waals surface area contributed by atoms with Crippen LogP contribution in [-0.2, 0) is 15.9 Å². The molecule has 1 aromatic rings. The second kappa shape index (κ2) is 6.93. The molecule has 2 saturated heterocycles. The summed E-state index contributed by atoms with van der Waals surface area (Å²) in [5.74, 6) is 0.987. The Morgan fingerprint density at radius 3 is 2.83 bits per heavy atom. The van der Waals surface area contributed by atoms with Crippen LogP contribution in [0.1, 0.15) is 18.4 Å². The van der Waals surface area contributed by atoms with Crippen LogP contribution in [0.25, 0.3) is 0 Å². The van der Waals surface area contributed by atoms with Gasteiger partial charge in [-0.25, -0.2) is 0 Å². The maximum atomic E-state index is 5.77. The largest absolute Gasteiger partial charge is 0.494 e. The summed E-state index contributed by atoms with van der Waals surface area (Å²) in [6.45, 7) is 5.83. The van der Waals surface area contributed by atoms with Gasteiger partial charge < -0.3 is 9.47 Å². The van der Waals surface area contributed by atoms with Gasteiger partial charge in [-0.2, -0.15) is 0 Å². The number of hydrogen-bond acceptors (Lipinski definition) is 4. The van der Waals surface area contributed by atoms with Crippen LogP contribution in [0.5, 0.6) is 0 Å². The molecule has 0 bridgehead atoms. The number of benzene rings is 1. The van der Waals surface area contributed by atoms with Crippen molar-refractivity contribution in [3.8, 4) is 0 Å². The van der Waals surface area contributed by atoms with E-state index in [0.29, 0.717) is 19.3 Å². The first-order chi connectivity index (χ1) is 11.4. The second-order valence-electron chi connectivity index (χ2n) is 6.87. The summed E-state index contributed by atoms with van der Waals surface area (Å²) >= 11 is 0. The van der Waals surface area contributed by atoms with E-state index < -0.39 is 0 Å². The van der Waals surface area contributed by atoms with Crippen LogP contribution in [0.3, 0.4) is 0 Å². The molecule has 3 aliphatic rings. The van der Waals surface area contributed by atoms with E-state index in [1.54, 1.807) is 0 Å². The molecule has 2 fully saturated rings. The van der Waals surface area contributed by atoms with Crippen LogP contribution in [-0.4, -0.2) is 61.3 Å². The van der Waals surface area contributed by atoms with E-state index in [1.807, 2.05) is 6.26 Å². The SMILES string of the molecule is C1=C(CN2C[C@@H]3CCCN3C[C@H]2Cc2ccccc2)OCCO1. The van der Waals surface area contributed by atoms with Gasteiger partial charge in [0.2, 0.25) is 0 Å². The third-order valence-corrected chi connectivity index (χ3v) is 5.28.